The molecular weight excluding hydrogens is 230 g/mol. The van der Waals surface area contributed by atoms with Gasteiger partial charge in [-0.15, -0.1) is 0 Å². The van der Waals surface area contributed by atoms with Crippen LogP contribution in [-0.4, -0.2) is 46.8 Å². The molecule has 1 aromatic rings. The molecule has 1 aromatic heterocycles. The van der Waals surface area contributed by atoms with Crippen molar-refractivity contribution in [1.29, 1.82) is 0 Å². The first-order valence-electron chi connectivity index (χ1n) is 6.56. The Labute approximate surface area is 108 Å². The minimum absolute atomic E-state index is 0.0525. The van der Waals surface area contributed by atoms with Gasteiger partial charge in [0.1, 0.15) is 0 Å². The number of nitrogens with zero attached hydrogens (tertiary/aromatic N) is 2. The molecule has 1 amide bonds. The standard InChI is InChI=1S/C13H21N3O2/c1-4-16(8-11-6-5-7-18-11)13(17)12-9(2)14-15-10(12)3/h11H,4-8H2,1-3H3,(H,14,15). The Kier molecular flexibility index (Phi) is 4.01. The van der Waals surface area contributed by atoms with Crippen molar-refractivity contribution in [2.24, 2.45) is 0 Å². The molecule has 1 unspecified atom stereocenters. The number of amides is 1. The van der Waals surface area contributed by atoms with Crippen LogP contribution in [0.25, 0.3) is 0 Å². The Hall–Kier alpha value is -1.36. The molecule has 100 valence electrons. The van der Waals surface area contributed by atoms with Gasteiger partial charge in [0.2, 0.25) is 0 Å². The topological polar surface area (TPSA) is 58.2 Å². The van der Waals surface area contributed by atoms with E-state index in [2.05, 4.69) is 10.2 Å². The smallest absolute Gasteiger partial charge is 0.257 e. The average Bonchev–Trinajstić information content (AvgIpc) is 2.96. The van der Waals surface area contributed by atoms with E-state index in [-0.39, 0.29) is 12.0 Å². The second kappa shape index (κ2) is 5.52. The van der Waals surface area contributed by atoms with E-state index in [4.69, 9.17) is 4.74 Å². The summed E-state index contributed by atoms with van der Waals surface area (Å²) in [6, 6.07) is 0. The van der Waals surface area contributed by atoms with Crippen LogP contribution >= 0.6 is 0 Å². The van der Waals surface area contributed by atoms with Crippen molar-refractivity contribution in [3.8, 4) is 0 Å². The van der Waals surface area contributed by atoms with Crippen molar-refractivity contribution in [2.45, 2.75) is 39.7 Å². The summed E-state index contributed by atoms with van der Waals surface area (Å²) in [5.74, 6) is 0.0525. The van der Waals surface area contributed by atoms with Crippen LogP contribution in [0.4, 0.5) is 0 Å². The molecule has 0 aliphatic carbocycles. The van der Waals surface area contributed by atoms with Crippen LogP contribution in [0.5, 0.6) is 0 Å². The number of hydrogen-bond acceptors (Lipinski definition) is 3. The second-order valence-electron chi connectivity index (χ2n) is 4.79. The fourth-order valence-corrected chi connectivity index (χ4v) is 2.41. The quantitative estimate of drug-likeness (QED) is 0.885. The lowest BCUT2D eigenvalue weighted by atomic mass is 10.1. The van der Waals surface area contributed by atoms with Crippen LogP contribution in [0.2, 0.25) is 0 Å². The van der Waals surface area contributed by atoms with E-state index in [0.717, 1.165) is 30.8 Å². The van der Waals surface area contributed by atoms with Gasteiger partial charge in [-0.1, -0.05) is 0 Å². The predicted octanol–water partition coefficient (Wildman–Crippen LogP) is 1.67. The number of aryl methyl sites for hydroxylation is 2. The summed E-state index contributed by atoms with van der Waals surface area (Å²) in [6.07, 6.45) is 2.34. The van der Waals surface area contributed by atoms with Gasteiger partial charge in [0.05, 0.1) is 17.4 Å². The molecule has 1 fully saturated rings. The zero-order chi connectivity index (χ0) is 13.1. The minimum atomic E-state index is 0.0525. The summed E-state index contributed by atoms with van der Waals surface area (Å²) >= 11 is 0. The summed E-state index contributed by atoms with van der Waals surface area (Å²) < 4.78 is 5.60. The summed E-state index contributed by atoms with van der Waals surface area (Å²) in [5.41, 5.74) is 2.31. The number of H-pyrrole nitrogens is 1. The first-order valence-corrected chi connectivity index (χ1v) is 6.56. The van der Waals surface area contributed by atoms with Crippen molar-refractivity contribution < 1.29 is 9.53 Å². The molecule has 1 aliphatic rings. The van der Waals surface area contributed by atoms with E-state index < -0.39 is 0 Å². The fraction of sp³-hybridized carbons (Fsp3) is 0.692. The summed E-state index contributed by atoms with van der Waals surface area (Å²) in [4.78, 5) is 14.3. The van der Waals surface area contributed by atoms with Gasteiger partial charge >= 0.3 is 0 Å². The van der Waals surface area contributed by atoms with E-state index in [1.165, 1.54) is 0 Å². The van der Waals surface area contributed by atoms with Crippen LogP contribution in [0.1, 0.15) is 41.5 Å². The zero-order valence-corrected chi connectivity index (χ0v) is 11.3. The normalized spacial score (nSPS) is 19.2. The number of likely N-dealkylation sites (N-methyl/N-ethyl adjacent to an activating group) is 1. The Morgan fingerprint density at radius 3 is 2.83 bits per heavy atom. The Balaban J connectivity index is 2.09. The highest BCUT2D eigenvalue weighted by Gasteiger charge is 2.25. The van der Waals surface area contributed by atoms with Crippen LogP contribution in [0.3, 0.4) is 0 Å². The monoisotopic (exact) mass is 251 g/mol. The molecule has 0 bridgehead atoms. The molecule has 2 heterocycles. The molecule has 2 rings (SSSR count). The average molecular weight is 251 g/mol. The number of carbonyl (C=O) groups is 1. The minimum Gasteiger partial charge on any atom is -0.376 e. The maximum atomic E-state index is 12.5. The molecule has 1 N–H and O–H groups in total. The Morgan fingerprint density at radius 1 is 1.56 bits per heavy atom. The highest BCUT2D eigenvalue weighted by molar-refractivity contribution is 5.96. The van der Waals surface area contributed by atoms with E-state index in [0.29, 0.717) is 18.7 Å². The molecule has 18 heavy (non-hydrogen) atoms. The molecule has 0 spiro atoms. The molecule has 1 aliphatic heterocycles. The van der Waals surface area contributed by atoms with E-state index in [1.54, 1.807) is 0 Å². The van der Waals surface area contributed by atoms with Crippen LogP contribution in [0, 0.1) is 13.8 Å². The second-order valence-corrected chi connectivity index (χ2v) is 4.79. The van der Waals surface area contributed by atoms with Gasteiger partial charge in [-0.3, -0.25) is 9.89 Å². The zero-order valence-electron chi connectivity index (χ0n) is 11.3. The fourth-order valence-electron chi connectivity index (χ4n) is 2.41. The van der Waals surface area contributed by atoms with Crippen LogP contribution in [0.15, 0.2) is 0 Å². The lowest BCUT2D eigenvalue weighted by Crippen LogP contribution is -2.37. The number of aromatic amines is 1. The third-order valence-corrected chi connectivity index (χ3v) is 3.46. The Morgan fingerprint density at radius 2 is 2.33 bits per heavy atom. The highest BCUT2D eigenvalue weighted by atomic mass is 16.5. The highest BCUT2D eigenvalue weighted by Crippen LogP contribution is 2.17. The number of carbonyl (C=O) groups excluding carboxylic acids is 1. The van der Waals surface area contributed by atoms with Gasteiger partial charge in [-0.2, -0.15) is 5.10 Å². The molecule has 0 radical (unpaired) electrons. The van der Waals surface area contributed by atoms with E-state index in [9.17, 15) is 4.79 Å². The maximum absolute atomic E-state index is 12.5. The summed E-state index contributed by atoms with van der Waals surface area (Å²) in [6.45, 7) is 7.93. The van der Waals surface area contributed by atoms with Crippen molar-refractivity contribution in [1.82, 2.24) is 15.1 Å². The first kappa shape index (κ1) is 13.1. The number of ether oxygens (including phenoxy) is 1. The number of nitrogens with one attached hydrogen (secondary N) is 1. The third kappa shape index (κ3) is 2.56. The van der Waals surface area contributed by atoms with Crippen LogP contribution < -0.4 is 0 Å². The van der Waals surface area contributed by atoms with Crippen LogP contribution in [-0.2, 0) is 4.74 Å². The number of aromatic nitrogens is 2. The Bertz CT molecular complexity index is 402. The lowest BCUT2D eigenvalue weighted by molar-refractivity contribution is 0.0538. The molecule has 5 heteroatoms. The predicted molar refractivity (Wildman–Crippen MR) is 68.6 cm³/mol. The van der Waals surface area contributed by atoms with Gasteiger partial charge in [0.15, 0.2) is 0 Å². The molecule has 0 aromatic carbocycles. The lowest BCUT2D eigenvalue weighted by Gasteiger charge is -2.24. The number of hydrogen-bond donors (Lipinski definition) is 1. The third-order valence-electron chi connectivity index (χ3n) is 3.46. The molecule has 5 nitrogen and oxygen atoms in total. The molecule has 0 saturated carbocycles. The van der Waals surface area contributed by atoms with Gasteiger partial charge in [0, 0.05) is 25.4 Å². The summed E-state index contributed by atoms with van der Waals surface area (Å²) in [7, 11) is 0. The molecular formula is C13H21N3O2. The van der Waals surface area contributed by atoms with Gasteiger partial charge in [-0.05, 0) is 33.6 Å². The van der Waals surface area contributed by atoms with Crippen molar-refractivity contribution in [3.05, 3.63) is 17.0 Å². The van der Waals surface area contributed by atoms with E-state index in [1.807, 2.05) is 25.7 Å². The molecule has 1 saturated heterocycles. The maximum Gasteiger partial charge on any atom is 0.257 e. The van der Waals surface area contributed by atoms with Crippen molar-refractivity contribution >= 4 is 5.91 Å². The van der Waals surface area contributed by atoms with Crippen molar-refractivity contribution in [3.63, 3.8) is 0 Å². The van der Waals surface area contributed by atoms with Gasteiger partial charge in [-0.25, -0.2) is 0 Å². The van der Waals surface area contributed by atoms with Gasteiger partial charge < -0.3 is 9.64 Å². The molecule has 1 atom stereocenters. The van der Waals surface area contributed by atoms with E-state index >= 15 is 0 Å². The van der Waals surface area contributed by atoms with Gasteiger partial charge in [0.25, 0.3) is 5.91 Å². The first-order chi connectivity index (χ1) is 8.63. The SMILES string of the molecule is CCN(CC1CCCO1)C(=O)c1c(C)n[nH]c1C. The summed E-state index contributed by atoms with van der Waals surface area (Å²) in [5, 5.41) is 6.94. The largest absolute Gasteiger partial charge is 0.376 e. The number of rotatable bonds is 4. The van der Waals surface area contributed by atoms with Crippen molar-refractivity contribution in [2.75, 3.05) is 19.7 Å².